The van der Waals surface area contributed by atoms with Crippen molar-refractivity contribution in [3.05, 3.63) is 95.3 Å². The molecule has 2 amide bonds. The predicted molar refractivity (Wildman–Crippen MR) is 106 cm³/mol. The van der Waals surface area contributed by atoms with Crippen molar-refractivity contribution in [3.63, 3.8) is 0 Å². The van der Waals surface area contributed by atoms with Gasteiger partial charge in [0.05, 0.1) is 0 Å². The summed E-state index contributed by atoms with van der Waals surface area (Å²) in [7, 11) is 0. The van der Waals surface area contributed by atoms with E-state index >= 15 is 0 Å². The van der Waals surface area contributed by atoms with E-state index in [2.05, 4.69) is 15.6 Å². The molecule has 0 radical (unpaired) electrons. The van der Waals surface area contributed by atoms with Crippen LogP contribution in [0.2, 0.25) is 0 Å². The fourth-order valence-corrected chi connectivity index (χ4v) is 2.58. The number of anilines is 1. The molecule has 2 N–H and O–H groups in total. The maximum atomic E-state index is 12.4. The number of Topliss-reactive ketones (excluding diaryl/α,β-unsaturated/α-hetero) is 1. The summed E-state index contributed by atoms with van der Waals surface area (Å²) in [5.41, 5.74) is 2.84. The normalized spacial score (nSPS) is 10.2. The van der Waals surface area contributed by atoms with Crippen molar-refractivity contribution in [2.45, 2.75) is 13.5 Å². The van der Waals surface area contributed by atoms with Crippen LogP contribution in [0.15, 0.2) is 73.1 Å². The largest absolute Gasteiger partial charge is 0.348 e. The van der Waals surface area contributed by atoms with E-state index < -0.39 is 0 Å². The summed E-state index contributed by atoms with van der Waals surface area (Å²) in [6.45, 7) is 1.85. The van der Waals surface area contributed by atoms with Crippen molar-refractivity contribution in [1.29, 1.82) is 0 Å². The highest BCUT2D eigenvalue weighted by Crippen LogP contribution is 2.13. The van der Waals surface area contributed by atoms with Gasteiger partial charge in [0.1, 0.15) is 0 Å². The molecule has 0 saturated heterocycles. The number of hydrogen-bond acceptors (Lipinski definition) is 4. The summed E-state index contributed by atoms with van der Waals surface area (Å²) in [5, 5.41) is 5.56. The highest BCUT2D eigenvalue weighted by Gasteiger charge is 2.10. The van der Waals surface area contributed by atoms with Gasteiger partial charge in [0.15, 0.2) is 5.78 Å². The van der Waals surface area contributed by atoms with Crippen molar-refractivity contribution in [1.82, 2.24) is 10.3 Å². The van der Waals surface area contributed by atoms with E-state index in [1.807, 2.05) is 6.07 Å². The first kappa shape index (κ1) is 19.0. The Morgan fingerprint density at radius 1 is 0.857 bits per heavy atom. The molecule has 0 aliphatic heterocycles. The van der Waals surface area contributed by atoms with Gasteiger partial charge in [-0.15, -0.1) is 0 Å². The molecule has 1 aromatic heterocycles. The topological polar surface area (TPSA) is 88.2 Å². The Balaban J connectivity index is 1.61. The number of carbonyl (C=O) groups excluding carboxylic acids is 3. The lowest BCUT2D eigenvalue weighted by molar-refractivity contribution is 0.0948. The standard InChI is InChI=1S/C22H19N3O3/c1-15(26)19-5-2-6-20(12-19)25-22(28)18-9-7-17(8-10-18)21(27)24-14-16-4-3-11-23-13-16/h2-13H,14H2,1H3,(H,24,27)(H,25,28). The van der Waals surface area contributed by atoms with Gasteiger partial charge in [-0.05, 0) is 55.0 Å². The van der Waals surface area contributed by atoms with Gasteiger partial charge < -0.3 is 10.6 Å². The minimum atomic E-state index is -0.317. The molecule has 1 heterocycles. The summed E-state index contributed by atoms with van der Waals surface area (Å²) >= 11 is 0. The first-order valence-electron chi connectivity index (χ1n) is 8.72. The molecule has 0 fully saturated rings. The predicted octanol–water partition coefficient (Wildman–Crippen LogP) is 3.47. The van der Waals surface area contributed by atoms with Gasteiger partial charge in [-0.3, -0.25) is 19.4 Å². The highest BCUT2D eigenvalue weighted by molar-refractivity contribution is 6.05. The fourth-order valence-electron chi connectivity index (χ4n) is 2.58. The van der Waals surface area contributed by atoms with E-state index in [0.29, 0.717) is 28.9 Å². The lowest BCUT2D eigenvalue weighted by Crippen LogP contribution is -2.23. The van der Waals surface area contributed by atoms with Gasteiger partial charge in [-0.25, -0.2) is 0 Å². The maximum Gasteiger partial charge on any atom is 0.255 e. The van der Waals surface area contributed by atoms with E-state index in [9.17, 15) is 14.4 Å². The first-order chi connectivity index (χ1) is 13.5. The summed E-state index contributed by atoms with van der Waals surface area (Å²) < 4.78 is 0. The van der Waals surface area contributed by atoms with E-state index in [4.69, 9.17) is 0 Å². The molecule has 3 aromatic rings. The van der Waals surface area contributed by atoms with E-state index in [-0.39, 0.29) is 17.6 Å². The molecule has 6 heteroatoms. The van der Waals surface area contributed by atoms with Crippen LogP contribution in [0.5, 0.6) is 0 Å². The Morgan fingerprint density at radius 2 is 1.57 bits per heavy atom. The summed E-state index contributed by atoms with van der Waals surface area (Å²) in [6, 6.07) is 16.8. The Kier molecular flexibility index (Phi) is 5.91. The van der Waals surface area contributed by atoms with Crippen LogP contribution in [0.3, 0.4) is 0 Å². The molecular weight excluding hydrogens is 354 g/mol. The molecule has 3 rings (SSSR count). The van der Waals surface area contributed by atoms with Gasteiger partial charge >= 0.3 is 0 Å². The highest BCUT2D eigenvalue weighted by atomic mass is 16.2. The van der Waals surface area contributed by atoms with Crippen LogP contribution in [0.4, 0.5) is 5.69 Å². The maximum absolute atomic E-state index is 12.4. The zero-order valence-corrected chi connectivity index (χ0v) is 15.3. The van der Waals surface area contributed by atoms with Gasteiger partial charge in [0, 0.05) is 41.3 Å². The third-order valence-corrected chi connectivity index (χ3v) is 4.11. The average molecular weight is 373 g/mol. The van der Waals surface area contributed by atoms with Crippen LogP contribution in [0, 0.1) is 0 Å². The second-order valence-corrected chi connectivity index (χ2v) is 6.21. The molecular formula is C22H19N3O3. The summed E-state index contributed by atoms with van der Waals surface area (Å²) in [4.78, 5) is 40.1. The molecule has 0 atom stereocenters. The third-order valence-electron chi connectivity index (χ3n) is 4.11. The number of aromatic nitrogens is 1. The number of nitrogens with one attached hydrogen (secondary N) is 2. The van der Waals surface area contributed by atoms with Crippen LogP contribution < -0.4 is 10.6 Å². The Hall–Kier alpha value is -3.80. The Morgan fingerprint density at radius 3 is 2.21 bits per heavy atom. The molecule has 28 heavy (non-hydrogen) atoms. The molecule has 0 saturated carbocycles. The van der Waals surface area contributed by atoms with Crippen LogP contribution in [-0.4, -0.2) is 22.6 Å². The van der Waals surface area contributed by atoms with Crippen molar-refractivity contribution < 1.29 is 14.4 Å². The second-order valence-electron chi connectivity index (χ2n) is 6.21. The van der Waals surface area contributed by atoms with Gasteiger partial charge in [-0.2, -0.15) is 0 Å². The van der Waals surface area contributed by atoms with Crippen LogP contribution in [-0.2, 0) is 6.54 Å². The average Bonchev–Trinajstić information content (AvgIpc) is 2.73. The number of rotatable bonds is 6. The molecule has 0 bridgehead atoms. The lowest BCUT2D eigenvalue weighted by Gasteiger charge is -2.08. The third kappa shape index (κ3) is 4.88. The van der Waals surface area contributed by atoms with Crippen LogP contribution >= 0.6 is 0 Å². The van der Waals surface area contributed by atoms with Crippen molar-refractivity contribution in [2.24, 2.45) is 0 Å². The molecule has 0 aliphatic rings. The number of benzene rings is 2. The SMILES string of the molecule is CC(=O)c1cccc(NC(=O)c2ccc(C(=O)NCc3cccnc3)cc2)c1. The number of amides is 2. The summed E-state index contributed by atoms with van der Waals surface area (Å²) in [5.74, 6) is -0.620. The fraction of sp³-hybridized carbons (Fsp3) is 0.0909. The zero-order valence-electron chi connectivity index (χ0n) is 15.3. The monoisotopic (exact) mass is 373 g/mol. The van der Waals surface area contributed by atoms with Crippen molar-refractivity contribution in [3.8, 4) is 0 Å². The molecule has 6 nitrogen and oxygen atoms in total. The molecule has 140 valence electrons. The number of pyridine rings is 1. The van der Waals surface area contributed by atoms with Crippen LogP contribution in [0.1, 0.15) is 43.6 Å². The molecule has 0 aliphatic carbocycles. The lowest BCUT2D eigenvalue weighted by atomic mass is 10.1. The summed E-state index contributed by atoms with van der Waals surface area (Å²) in [6.07, 6.45) is 3.36. The van der Waals surface area contributed by atoms with Crippen LogP contribution in [0.25, 0.3) is 0 Å². The second kappa shape index (κ2) is 8.73. The van der Waals surface area contributed by atoms with E-state index in [0.717, 1.165) is 5.56 Å². The quantitative estimate of drug-likeness (QED) is 0.648. The molecule has 0 unspecified atom stereocenters. The smallest absolute Gasteiger partial charge is 0.255 e. The Bertz CT molecular complexity index is 999. The first-order valence-corrected chi connectivity index (χ1v) is 8.72. The number of nitrogens with zero attached hydrogens (tertiary/aromatic N) is 1. The van der Waals surface area contributed by atoms with E-state index in [1.54, 1.807) is 67.0 Å². The zero-order chi connectivity index (χ0) is 19.9. The van der Waals surface area contributed by atoms with Crippen molar-refractivity contribution >= 4 is 23.3 Å². The van der Waals surface area contributed by atoms with Gasteiger partial charge in [-0.1, -0.05) is 18.2 Å². The number of ketones is 1. The van der Waals surface area contributed by atoms with Gasteiger partial charge in [0.2, 0.25) is 0 Å². The van der Waals surface area contributed by atoms with E-state index in [1.165, 1.54) is 6.92 Å². The Labute approximate surface area is 162 Å². The number of hydrogen-bond donors (Lipinski definition) is 2. The minimum Gasteiger partial charge on any atom is -0.348 e. The molecule has 0 spiro atoms. The van der Waals surface area contributed by atoms with Crippen molar-refractivity contribution in [2.75, 3.05) is 5.32 Å². The van der Waals surface area contributed by atoms with Gasteiger partial charge in [0.25, 0.3) is 11.8 Å². The molecule has 2 aromatic carbocycles. The number of carbonyl (C=O) groups is 3. The minimum absolute atomic E-state index is 0.0715.